The molecule has 1 amide bonds. The molecule has 3 nitrogen and oxygen atoms in total. The van der Waals surface area contributed by atoms with E-state index in [2.05, 4.69) is 40.0 Å². The second kappa shape index (κ2) is 7.38. The van der Waals surface area contributed by atoms with E-state index in [1.165, 1.54) is 0 Å². The summed E-state index contributed by atoms with van der Waals surface area (Å²) in [5.41, 5.74) is 3.50. The van der Waals surface area contributed by atoms with Gasteiger partial charge in [-0.15, -0.1) is 0 Å². The molecule has 0 spiro atoms. The van der Waals surface area contributed by atoms with Crippen molar-refractivity contribution in [2.75, 3.05) is 0 Å². The molecule has 1 aromatic rings. The molecule has 0 radical (unpaired) electrons. The monoisotopic (exact) mass is 330 g/mol. The first-order valence-electron chi connectivity index (χ1n) is 5.30. The largest absolute Gasteiger partial charge is 0.273 e. The Morgan fingerprint density at radius 1 is 1.56 bits per heavy atom. The number of amides is 1. The fourth-order valence-corrected chi connectivity index (χ4v) is 1.73. The number of benzene rings is 1. The lowest BCUT2D eigenvalue weighted by Crippen LogP contribution is -2.16. The molecule has 0 aromatic heterocycles. The number of halogens is 1. The molecule has 0 fully saturated rings. The summed E-state index contributed by atoms with van der Waals surface area (Å²) in [6.07, 6.45) is 4.13. The molecule has 4 heteroatoms. The van der Waals surface area contributed by atoms with E-state index < -0.39 is 0 Å². The lowest BCUT2D eigenvalue weighted by molar-refractivity contribution is -0.121. The molecule has 0 aliphatic carbocycles. The zero-order chi connectivity index (χ0) is 11.8. The van der Waals surface area contributed by atoms with E-state index in [1.807, 2.05) is 24.3 Å². The quantitative estimate of drug-likeness (QED) is 0.503. The molecule has 0 aliphatic heterocycles. The summed E-state index contributed by atoms with van der Waals surface area (Å²) in [7, 11) is 0. The highest BCUT2D eigenvalue weighted by atomic mass is 127. The molecule has 0 heterocycles. The van der Waals surface area contributed by atoms with E-state index in [1.54, 1.807) is 6.21 Å². The third-order valence-electron chi connectivity index (χ3n) is 2.01. The summed E-state index contributed by atoms with van der Waals surface area (Å²) in [6.45, 7) is 2.06. The molecule has 0 unspecified atom stereocenters. The molecule has 0 atom stereocenters. The molecule has 0 aliphatic rings. The summed E-state index contributed by atoms with van der Waals surface area (Å²) in [4.78, 5) is 11.2. The number of carbonyl (C=O) groups excluding carboxylic acids is 1. The first-order valence-corrected chi connectivity index (χ1v) is 6.37. The Morgan fingerprint density at radius 3 is 3.06 bits per heavy atom. The highest BCUT2D eigenvalue weighted by Crippen LogP contribution is 2.05. The van der Waals surface area contributed by atoms with Gasteiger partial charge in [-0.3, -0.25) is 4.79 Å². The SMILES string of the molecule is CCCCC(=O)N/N=C/c1cccc(I)c1. The predicted molar refractivity (Wildman–Crippen MR) is 74.4 cm³/mol. The van der Waals surface area contributed by atoms with Crippen LogP contribution < -0.4 is 5.43 Å². The minimum Gasteiger partial charge on any atom is -0.273 e. The third-order valence-corrected chi connectivity index (χ3v) is 2.68. The summed E-state index contributed by atoms with van der Waals surface area (Å²) in [6, 6.07) is 7.92. The van der Waals surface area contributed by atoms with Gasteiger partial charge < -0.3 is 0 Å². The minimum absolute atomic E-state index is 0.0243. The standard InChI is InChI=1S/C12H15IN2O/c1-2-3-7-12(16)15-14-9-10-5-4-6-11(13)8-10/h4-6,8-9H,2-3,7H2,1H3,(H,15,16)/b14-9+. The maximum absolute atomic E-state index is 11.2. The Bertz CT molecular complexity index is 377. The lowest BCUT2D eigenvalue weighted by Gasteiger charge is -1.98. The van der Waals surface area contributed by atoms with Crippen LogP contribution in [0.3, 0.4) is 0 Å². The fraction of sp³-hybridized carbons (Fsp3) is 0.333. The first kappa shape index (κ1) is 13.2. The van der Waals surface area contributed by atoms with Crippen molar-refractivity contribution in [1.29, 1.82) is 0 Å². The molecule has 86 valence electrons. The van der Waals surface area contributed by atoms with E-state index in [0.717, 1.165) is 22.0 Å². The van der Waals surface area contributed by atoms with Crippen LogP contribution >= 0.6 is 22.6 Å². The number of nitrogens with zero attached hydrogens (tertiary/aromatic N) is 1. The van der Waals surface area contributed by atoms with Crippen molar-refractivity contribution < 1.29 is 4.79 Å². The Balaban J connectivity index is 2.40. The topological polar surface area (TPSA) is 41.5 Å². The van der Waals surface area contributed by atoms with E-state index in [4.69, 9.17) is 0 Å². The number of nitrogens with one attached hydrogen (secondary N) is 1. The number of rotatable bonds is 5. The second-order valence-electron chi connectivity index (χ2n) is 3.45. The van der Waals surface area contributed by atoms with Crippen LogP contribution in [0.4, 0.5) is 0 Å². The maximum atomic E-state index is 11.2. The zero-order valence-electron chi connectivity index (χ0n) is 9.24. The molecule has 1 N–H and O–H groups in total. The van der Waals surface area contributed by atoms with Gasteiger partial charge in [0.2, 0.25) is 5.91 Å². The van der Waals surface area contributed by atoms with Gasteiger partial charge in [-0.25, -0.2) is 5.43 Å². The Morgan fingerprint density at radius 2 is 2.38 bits per heavy atom. The number of unbranched alkanes of at least 4 members (excludes halogenated alkanes) is 1. The molecule has 16 heavy (non-hydrogen) atoms. The van der Waals surface area contributed by atoms with Crippen molar-refractivity contribution in [3.8, 4) is 0 Å². The van der Waals surface area contributed by atoms with Gasteiger partial charge in [-0.05, 0) is 46.7 Å². The van der Waals surface area contributed by atoms with Crippen molar-refractivity contribution in [2.24, 2.45) is 5.10 Å². The summed E-state index contributed by atoms with van der Waals surface area (Å²) in [5, 5.41) is 3.91. The third kappa shape index (κ3) is 5.25. The van der Waals surface area contributed by atoms with Crippen molar-refractivity contribution >= 4 is 34.7 Å². The van der Waals surface area contributed by atoms with Gasteiger partial charge in [0.05, 0.1) is 6.21 Å². The van der Waals surface area contributed by atoms with Gasteiger partial charge in [-0.2, -0.15) is 5.10 Å². The van der Waals surface area contributed by atoms with Crippen LogP contribution in [0.1, 0.15) is 31.7 Å². The summed E-state index contributed by atoms with van der Waals surface area (Å²) < 4.78 is 1.15. The number of hydrazone groups is 1. The molecule has 0 saturated carbocycles. The van der Waals surface area contributed by atoms with Crippen LogP contribution in [0.5, 0.6) is 0 Å². The van der Waals surface area contributed by atoms with Crippen LogP contribution in [0.2, 0.25) is 0 Å². The smallest absolute Gasteiger partial charge is 0.240 e. The van der Waals surface area contributed by atoms with E-state index in [-0.39, 0.29) is 5.91 Å². The fourth-order valence-electron chi connectivity index (χ4n) is 1.16. The van der Waals surface area contributed by atoms with Crippen LogP contribution in [0, 0.1) is 3.57 Å². The number of hydrogen-bond donors (Lipinski definition) is 1. The maximum Gasteiger partial charge on any atom is 0.240 e. The van der Waals surface area contributed by atoms with Gasteiger partial charge in [0.1, 0.15) is 0 Å². The van der Waals surface area contributed by atoms with E-state index >= 15 is 0 Å². The summed E-state index contributed by atoms with van der Waals surface area (Å²) >= 11 is 2.24. The van der Waals surface area contributed by atoms with Crippen LogP contribution in [-0.2, 0) is 4.79 Å². The lowest BCUT2D eigenvalue weighted by atomic mass is 10.2. The molecule has 0 bridgehead atoms. The van der Waals surface area contributed by atoms with Crippen LogP contribution in [-0.4, -0.2) is 12.1 Å². The van der Waals surface area contributed by atoms with Gasteiger partial charge >= 0.3 is 0 Å². The molecule has 1 rings (SSSR count). The first-order chi connectivity index (χ1) is 7.72. The van der Waals surface area contributed by atoms with Crippen molar-refractivity contribution in [3.63, 3.8) is 0 Å². The molecule has 0 saturated heterocycles. The van der Waals surface area contributed by atoms with Gasteiger partial charge in [-0.1, -0.05) is 25.5 Å². The zero-order valence-corrected chi connectivity index (χ0v) is 11.4. The van der Waals surface area contributed by atoms with Gasteiger partial charge in [0.15, 0.2) is 0 Å². The Kier molecular flexibility index (Phi) is 6.07. The average molecular weight is 330 g/mol. The van der Waals surface area contributed by atoms with Crippen molar-refractivity contribution in [2.45, 2.75) is 26.2 Å². The van der Waals surface area contributed by atoms with E-state index in [9.17, 15) is 4.79 Å². The van der Waals surface area contributed by atoms with Crippen molar-refractivity contribution in [3.05, 3.63) is 33.4 Å². The highest BCUT2D eigenvalue weighted by molar-refractivity contribution is 14.1. The second-order valence-corrected chi connectivity index (χ2v) is 4.70. The van der Waals surface area contributed by atoms with Crippen LogP contribution in [0.25, 0.3) is 0 Å². The minimum atomic E-state index is -0.0243. The summed E-state index contributed by atoms with van der Waals surface area (Å²) in [5.74, 6) is -0.0243. The Hall–Kier alpha value is -0.910. The molecular weight excluding hydrogens is 315 g/mol. The molecule has 1 aromatic carbocycles. The average Bonchev–Trinajstić information content (AvgIpc) is 2.26. The van der Waals surface area contributed by atoms with Gasteiger partial charge in [0, 0.05) is 9.99 Å². The number of carbonyl (C=O) groups is 1. The van der Waals surface area contributed by atoms with Gasteiger partial charge in [0.25, 0.3) is 0 Å². The van der Waals surface area contributed by atoms with E-state index in [0.29, 0.717) is 6.42 Å². The van der Waals surface area contributed by atoms with Crippen LogP contribution in [0.15, 0.2) is 29.4 Å². The highest BCUT2D eigenvalue weighted by Gasteiger charge is 1.96. The van der Waals surface area contributed by atoms with Crippen molar-refractivity contribution in [1.82, 2.24) is 5.43 Å². The molecular formula is C12H15IN2O. The normalized spacial score (nSPS) is 10.6. The number of hydrogen-bond acceptors (Lipinski definition) is 2. The predicted octanol–water partition coefficient (Wildman–Crippen LogP) is 2.93. The Labute approximate surface area is 109 Å².